The van der Waals surface area contributed by atoms with E-state index in [0.29, 0.717) is 36.2 Å². The lowest BCUT2D eigenvalue weighted by Crippen LogP contribution is -2.47. The second-order valence-electron chi connectivity index (χ2n) is 5.82. The molecular formula is C16H17Cl2N3O3. The Labute approximate surface area is 149 Å². The number of carbonyl (C=O) groups excluding carboxylic acids is 2. The van der Waals surface area contributed by atoms with Crippen LogP contribution < -0.4 is 5.32 Å². The van der Waals surface area contributed by atoms with E-state index in [1.807, 2.05) is 6.07 Å². The van der Waals surface area contributed by atoms with E-state index in [1.165, 1.54) is 7.05 Å². The van der Waals surface area contributed by atoms with Crippen molar-refractivity contribution in [3.05, 3.63) is 45.3 Å². The maximum atomic E-state index is 12.7. The fourth-order valence-corrected chi connectivity index (χ4v) is 3.38. The number of hydrogen-bond acceptors (Lipinski definition) is 4. The molecule has 1 aromatic carbocycles. The zero-order valence-corrected chi connectivity index (χ0v) is 14.6. The number of aliphatic hydroxyl groups is 1. The van der Waals surface area contributed by atoms with Crippen LogP contribution in [0.25, 0.3) is 0 Å². The fraction of sp³-hybridized carbons (Fsp3) is 0.375. The number of nitrogens with zero attached hydrogens (tertiary/aromatic N) is 2. The number of carbonyl (C=O) groups is 2. The maximum Gasteiger partial charge on any atom is 0.274 e. The number of rotatable bonds is 3. The Morgan fingerprint density at radius 2 is 2.08 bits per heavy atom. The van der Waals surface area contributed by atoms with Gasteiger partial charge in [0.2, 0.25) is 5.91 Å². The number of nitrogens with one attached hydrogen (secondary N) is 1. The zero-order chi connectivity index (χ0) is 17.4. The van der Waals surface area contributed by atoms with Crippen LogP contribution in [0.1, 0.15) is 5.56 Å². The van der Waals surface area contributed by atoms with E-state index in [-0.39, 0.29) is 23.3 Å². The van der Waals surface area contributed by atoms with Gasteiger partial charge in [0.25, 0.3) is 5.91 Å². The molecule has 2 heterocycles. The van der Waals surface area contributed by atoms with Crippen LogP contribution in [0.2, 0.25) is 10.0 Å². The predicted molar refractivity (Wildman–Crippen MR) is 90.7 cm³/mol. The first-order valence-electron chi connectivity index (χ1n) is 7.55. The molecule has 6 nitrogen and oxygen atoms in total. The summed E-state index contributed by atoms with van der Waals surface area (Å²) in [6.07, 6.45) is 0. The first kappa shape index (κ1) is 16.9. The lowest BCUT2D eigenvalue weighted by molar-refractivity contribution is -0.132. The quantitative estimate of drug-likeness (QED) is 0.851. The lowest BCUT2D eigenvalue weighted by Gasteiger charge is -2.34. The Bertz CT molecular complexity index is 735. The average molecular weight is 370 g/mol. The SMILES string of the molecule is CNC(=O)C1CN2CCN(Cc3ccc(Cl)c(Cl)c3)C(=O)C2=C1O. The van der Waals surface area contributed by atoms with Crippen molar-refractivity contribution >= 4 is 35.0 Å². The first-order chi connectivity index (χ1) is 11.4. The number of halogens is 2. The van der Waals surface area contributed by atoms with E-state index in [0.717, 1.165) is 5.56 Å². The van der Waals surface area contributed by atoms with E-state index in [4.69, 9.17) is 23.2 Å². The minimum atomic E-state index is -0.695. The number of benzene rings is 1. The minimum absolute atomic E-state index is 0.154. The highest BCUT2D eigenvalue weighted by Crippen LogP contribution is 2.31. The second kappa shape index (κ2) is 6.53. The van der Waals surface area contributed by atoms with Gasteiger partial charge >= 0.3 is 0 Å². The number of piperazine rings is 1. The number of aliphatic hydroxyl groups excluding tert-OH is 1. The summed E-state index contributed by atoms with van der Waals surface area (Å²) in [7, 11) is 1.51. The molecule has 1 fully saturated rings. The van der Waals surface area contributed by atoms with Gasteiger partial charge in [-0.2, -0.15) is 0 Å². The molecule has 1 atom stereocenters. The highest BCUT2D eigenvalue weighted by atomic mass is 35.5. The van der Waals surface area contributed by atoms with Gasteiger partial charge in [0.15, 0.2) is 0 Å². The summed E-state index contributed by atoms with van der Waals surface area (Å²) >= 11 is 11.9. The summed E-state index contributed by atoms with van der Waals surface area (Å²) in [5.41, 5.74) is 1.07. The summed E-state index contributed by atoms with van der Waals surface area (Å²) in [4.78, 5) is 27.9. The summed E-state index contributed by atoms with van der Waals surface area (Å²) in [5.74, 6) is -1.42. The predicted octanol–water partition coefficient (Wildman–Crippen LogP) is 1.78. The van der Waals surface area contributed by atoms with E-state index in [9.17, 15) is 14.7 Å². The zero-order valence-electron chi connectivity index (χ0n) is 13.1. The maximum absolute atomic E-state index is 12.7. The Hall–Kier alpha value is -1.92. The lowest BCUT2D eigenvalue weighted by atomic mass is 10.1. The van der Waals surface area contributed by atoms with Crippen molar-refractivity contribution in [1.29, 1.82) is 0 Å². The van der Waals surface area contributed by atoms with Crippen LogP contribution in [-0.2, 0) is 16.1 Å². The Kier molecular flexibility index (Phi) is 4.60. The second-order valence-corrected chi connectivity index (χ2v) is 6.64. The standard InChI is InChI=1S/C16H17Cl2N3O3/c1-19-15(23)10-8-20-4-5-21(16(24)13(20)14(10)22)7-9-2-3-11(17)12(18)6-9/h2-3,6,10,22H,4-5,7-8H2,1H3,(H,19,23). The van der Waals surface area contributed by atoms with E-state index < -0.39 is 5.92 Å². The number of fused-ring (bicyclic) bond motifs is 1. The van der Waals surface area contributed by atoms with Gasteiger partial charge in [-0.25, -0.2) is 0 Å². The van der Waals surface area contributed by atoms with Crippen molar-refractivity contribution < 1.29 is 14.7 Å². The summed E-state index contributed by atoms with van der Waals surface area (Å²) in [5, 5.41) is 13.7. The summed E-state index contributed by atoms with van der Waals surface area (Å²) in [6.45, 7) is 1.77. The van der Waals surface area contributed by atoms with Crippen molar-refractivity contribution in [3.8, 4) is 0 Å². The van der Waals surface area contributed by atoms with Crippen LogP contribution in [0.5, 0.6) is 0 Å². The highest BCUT2D eigenvalue weighted by molar-refractivity contribution is 6.42. The molecule has 8 heteroatoms. The molecule has 3 rings (SSSR count). The monoisotopic (exact) mass is 369 g/mol. The Balaban J connectivity index is 1.81. The molecule has 2 amide bonds. The van der Waals surface area contributed by atoms with Crippen LogP contribution in [0.15, 0.2) is 29.7 Å². The van der Waals surface area contributed by atoms with Crippen LogP contribution >= 0.6 is 23.2 Å². The third-order valence-corrected chi connectivity index (χ3v) is 5.08. The molecule has 2 N–H and O–H groups in total. The van der Waals surface area contributed by atoms with Crippen LogP contribution in [-0.4, -0.2) is 53.4 Å². The molecule has 0 bridgehead atoms. The molecule has 1 aromatic rings. The van der Waals surface area contributed by atoms with Crippen LogP contribution in [0.4, 0.5) is 0 Å². The topological polar surface area (TPSA) is 72.9 Å². The average Bonchev–Trinajstić information content (AvgIpc) is 2.90. The van der Waals surface area contributed by atoms with Gasteiger partial charge in [0.05, 0.1) is 10.0 Å². The van der Waals surface area contributed by atoms with Gasteiger partial charge in [-0.15, -0.1) is 0 Å². The first-order valence-corrected chi connectivity index (χ1v) is 8.31. The third kappa shape index (κ3) is 2.91. The molecule has 2 aliphatic rings. The number of hydrogen-bond donors (Lipinski definition) is 2. The smallest absolute Gasteiger partial charge is 0.274 e. The number of amides is 2. The largest absolute Gasteiger partial charge is 0.509 e. The van der Waals surface area contributed by atoms with Crippen molar-refractivity contribution in [2.24, 2.45) is 5.92 Å². The van der Waals surface area contributed by atoms with Crippen LogP contribution in [0.3, 0.4) is 0 Å². The van der Waals surface area contributed by atoms with Gasteiger partial charge in [-0.05, 0) is 17.7 Å². The Morgan fingerprint density at radius 1 is 1.33 bits per heavy atom. The molecule has 0 saturated carbocycles. The van der Waals surface area contributed by atoms with E-state index >= 15 is 0 Å². The molecular weight excluding hydrogens is 353 g/mol. The molecule has 0 aromatic heterocycles. The van der Waals surface area contributed by atoms with Crippen molar-refractivity contribution in [3.63, 3.8) is 0 Å². The molecule has 24 heavy (non-hydrogen) atoms. The van der Waals surface area contributed by atoms with Crippen LogP contribution in [0, 0.1) is 5.92 Å². The van der Waals surface area contributed by atoms with Gasteiger partial charge in [0, 0.05) is 33.2 Å². The Morgan fingerprint density at radius 3 is 2.75 bits per heavy atom. The molecule has 0 aliphatic carbocycles. The highest BCUT2D eigenvalue weighted by Gasteiger charge is 2.42. The molecule has 0 spiro atoms. The molecule has 1 unspecified atom stereocenters. The van der Waals surface area contributed by atoms with Gasteiger partial charge in [0.1, 0.15) is 17.4 Å². The van der Waals surface area contributed by atoms with Gasteiger partial charge in [-0.3, -0.25) is 9.59 Å². The summed E-state index contributed by atoms with van der Waals surface area (Å²) < 4.78 is 0. The van der Waals surface area contributed by atoms with Crippen molar-refractivity contribution in [1.82, 2.24) is 15.1 Å². The molecule has 128 valence electrons. The molecule has 1 saturated heterocycles. The van der Waals surface area contributed by atoms with Crippen molar-refractivity contribution in [2.75, 3.05) is 26.7 Å². The third-order valence-electron chi connectivity index (χ3n) is 4.34. The van der Waals surface area contributed by atoms with E-state index in [1.54, 1.807) is 21.9 Å². The summed E-state index contributed by atoms with van der Waals surface area (Å²) in [6, 6.07) is 5.22. The minimum Gasteiger partial charge on any atom is -0.509 e. The van der Waals surface area contributed by atoms with Gasteiger partial charge in [-0.1, -0.05) is 29.3 Å². The fourth-order valence-electron chi connectivity index (χ4n) is 3.06. The normalized spacial score (nSPS) is 20.5. The van der Waals surface area contributed by atoms with Crippen molar-refractivity contribution in [2.45, 2.75) is 6.54 Å². The van der Waals surface area contributed by atoms with Gasteiger partial charge < -0.3 is 20.2 Å². The molecule has 2 aliphatic heterocycles. The molecule has 0 radical (unpaired) electrons. The van der Waals surface area contributed by atoms with E-state index in [2.05, 4.69) is 5.32 Å².